The van der Waals surface area contributed by atoms with Gasteiger partial charge in [0.05, 0.1) is 12.3 Å². The Balaban J connectivity index is 1.77. The number of nitrogens with two attached hydrogens (primary N) is 1. The van der Waals surface area contributed by atoms with E-state index in [0.29, 0.717) is 17.3 Å². The van der Waals surface area contributed by atoms with Crippen molar-refractivity contribution in [1.82, 2.24) is 19.5 Å². The molecule has 114 valence electrons. The van der Waals surface area contributed by atoms with Gasteiger partial charge in [-0.2, -0.15) is 5.10 Å². The zero-order valence-electron chi connectivity index (χ0n) is 11.6. The fraction of sp³-hybridized carbons (Fsp3) is 0.333. The van der Waals surface area contributed by atoms with Crippen molar-refractivity contribution in [3.63, 3.8) is 0 Å². The van der Waals surface area contributed by atoms with E-state index in [0.717, 1.165) is 0 Å². The smallest absolute Gasteiger partial charge is 0.215 e. The summed E-state index contributed by atoms with van der Waals surface area (Å²) in [6, 6.07) is 6.75. The average molecular weight is 311 g/mol. The molecule has 0 amide bonds. The minimum Gasteiger partial charge on any atom is -0.492 e. The maximum absolute atomic E-state index is 11.8. The summed E-state index contributed by atoms with van der Waals surface area (Å²) in [6.07, 6.45) is 1.51. The first-order valence-electron chi connectivity index (χ1n) is 6.25. The van der Waals surface area contributed by atoms with Crippen LogP contribution >= 0.6 is 0 Å². The number of aromatic nitrogens is 3. The number of aryl methyl sites for hydroxylation is 1. The molecular weight excluding hydrogens is 294 g/mol. The van der Waals surface area contributed by atoms with Crippen LogP contribution in [0.3, 0.4) is 0 Å². The van der Waals surface area contributed by atoms with Gasteiger partial charge in [0.25, 0.3) is 0 Å². The molecule has 2 aromatic rings. The molecule has 0 saturated carbocycles. The molecule has 1 aromatic carbocycles. The summed E-state index contributed by atoms with van der Waals surface area (Å²) in [5, 5.41) is 3.99. The minimum atomic E-state index is -3.44. The Morgan fingerprint density at radius 1 is 1.33 bits per heavy atom. The van der Waals surface area contributed by atoms with E-state index in [4.69, 9.17) is 10.5 Å². The van der Waals surface area contributed by atoms with Crippen LogP contribution in [-0.2, 0) is 23.6 Å². The molecule has 3 N–H and O–H groups in total. The van der Waals surface area contributed by atoms with Gasteiger partial charge in [-0.05, 0) is 24.3 Å². The highest BCUT2D eigenvalue weighted by Crippen LogP contribution is 2.12. The maximum Gasteiger partial charge on any atom is 0.215 e. The lowest BCUT2D eigenvalue weighted by Gasteiger charge is -2.07. The van der Waals surface area contributed by atoms with Crippen LogP contribution in [0.1, 0.15) is 5.82 Å². The lowest BCUT2D eigenvalue weighted by atomic mass is 10.3. The molecule has 0 spiro atoms. The number of ether oxygens (including phenoxy) is 1. The molecule has 0 bridgehead atoms. The third-order valence-corrected chi connectivity index (χ3v) is 3.89. The van der Waals surface area contributed by atoms with Crippen LogP contribution in [0.4, 0.5) is 5.69 Å². The quantitative estimate of drug-likeness (QED) is 0.690. The summed E-state index contributed by atoms with van der Waals surface area (Å²) in [6.45, 7) is 0.111. The van der Waals surface area contributed by atoms with Crippen LogP contribution in [0.2, 0.25) is 0 Å². The molecular formula is C12H17N5O3S. The fourth-order valence-electron chi connectivity index (χ4n) is 1.54. The molecule has 8 nitrogen and oxygen atoms in total. The number of benzene rings is 1. The molecule has 0 saturated heterocycles. The standard InChI is InChI=1S/C12H17N5O3S/c1-17-9-14-12(16-17)8-15-21(18,19)7-6-20-11-4-2-10(13)3-5-11/h2-5,9,15H,6-8,13H2,1H3. The van der Waals surface area contributed by atoms with Crippen molar-refractivity contribution in [1.29, 1.82) is 0 Å². The second kappa shape index (κ2) is 6.55. The van der Waals surface area contributed by atoms with Gasteiger partial charge in [-0.3, -0.25) is 4.68 Å². The Morgan fingerprint density at radius 2 is 2.05 bits per heavy atom. The first-order valence-corrected chi connectivity index (χ1v) is 7.90. The topological polar surface area (TPSA) is 112 Å². The summed E-state index contributed by atoms with van der Waals surface area (Å²) < 4.78 is 32.8. The predicted molar refractivity (Wildman–Crippen MR) is 78.0 cm³/mol. The zero-order chi connectivity index (χ0) is 15.3. The molecule has 0 radical (unpaired) electrons. The van der Waals surface area contributed by atoms with E-state index in [-0.39, 0.29) is 18.9 Å². The molecule has 0 aliphatic carbocycles. The van der Waals surface area contributed by atoms with Crippen LogP contribution in [0.25, 0.3) is 0 Å². The Kier molecular flexibility index (Phi) is 4.76. The SMILES string of the molecule is Cn1cnc(CNS(=O)(=O)CCOc2ccc(N)cc2)n1. The van der Waals surface area contributed by atoms with E-state index in [1.165, 1.54) is 11.0 Å². The van der Waals surface area contributed by atoms with Crippen LogP contribution in [0.5, 0.6) is 5.75 Å². The molecule has 2 rings (SSSR count). The van der Waals surface area contributed by atoms with Crippen molar-refractivity contribution < 1.29 is 13.2 Å². The highest BCUT2D eigenvalue weighted by molar-refractivity contribution is 7.89. The van der Waals surface area contributed by atoms with E-state index in [1.54, 1.807) is 31.3 Å². The van der Waals surface area contributed by atoms with E-state index in [9.17, 15) is 8.42 Å². The monoisotopic (exact) mass is 311 g/mol. The number of nitrogens with zero attached hydrogens (tertiary/aromatic N) is 3. The number of anilines is 1. The molecule has 0 unspecified atom stereocenters. The summed E-state index contributed by atoms with van der Waals surface area (Å²) >= 11 is 0. The molecule has 0 aliphatic heterocycles. The van der Waals surface area contributed by atoms with E-state index < -0.39 is 10.0 Å². The summed E-state index contributed by atoms with van der Waals surface area (Å²) in [7, 11) is -1.72. The molecule has 21 heavy (non-hydrogen) atoms. The first-order chi connectivity index (χ1) is 9.94. The Labute approximate surface area is 123 Å². The summed E-state index contributed by atoms with van der Waals surface area (Å²) in [4.78, 5) is 3.94. The molecule has 0 fully saturated rings. The van der Waals surface area contributed by atoms with Crippen molar-refractivity contribution in [2.45, 2.75) is 6.54 Å². The number of sulfonamides is 1. The maximum atomic E-state index is 11.8. The van der Waals surface area contributed by atoms with Crippen molar-refractivity contribution >= 4 is 15.7 Å². The average Bonchev–Trinajstić information content (AvgIpc) is 2.85. The highest BCUT2D eigenvalue weighted by Gasteiger charge is 2.11. The van der Waals surface area contributed by atoms with Crippen molar-refractivity contribution in [3.05, 3.63) is 36.4 Å². The number of nitrogens with one attached hydrogen (secondary N) is 1. The Bertz CT molecular complexity index is 681. The number of rotatable bonds is 7. The summed E-state index contributed by atoms with van der Waals surface area (Å²) in [5.41, 5.74) is 6.17. The Morgan fingerprint density at radius 3 is 2.67 bits per heavy atom. The van der Waals surface area contributed by atoms with Crippen LogP contribution < -0.4 is 15.2 Å². The Hall–Kier alpha value is -2.13. The van der Waals surface area contributed by atoms with Gasteiger partial charge in [-0.25, -0.2) is 18.1 Å². The highest BCUT2D eigenvalue weighted by atomic mass is 32.2. The van der Waals surface area contributed by atoms with E-state index >= 15 is 0 Å². The van der Waals surface area contributed by atoms with Gasteiger partial charge >= 0.3 is 0 Å². The van der Waals surface area contributed by atoms with Crippen LogP contribution in [-0.4, -0.2) is 35.5 Å². The van der Waals surface area contributed by atoms with Crippen LogP contribution in [0.15, 0.2) is 30.6 Å². The van der Waals surface area contributed by atoms with Gasteiger partial charge in [-0.15, -0.1) is 0 Å². The van der Waals surface area contributed by atoms with Gasteiger partial charge in [0.15, 0.2) is 5.82 Å². The van der Waals surface area contributed by atoms with Crippen molar-refractivity contribution in [3.8, 4) is 5.75 Å². The lowest BCUT2D eigenvalue weighted by molar-refractivity contribution is 0.340. The van der Waals surface area contributed by atoms with Gasteiger partial charge in [-0.1, -0.05) is 0 Å². The number of hydrogen-bond donors (Lipinski definition) is 2. The van der Waals surface area contributed by atoms with Crippen molar-refractivity contribution in [2.75, 3.05) is 18.1 Å². The second-order valence-electron chi connectivity index (χ2n) is 4.39. The minimum absolute atomic E-state index is 0.0505. The summed E-state index contributed by atoms with van der Waals surface area (Å²) in [5.74, 6) is 0.843. The first kappa shape index (κ1) is 15.3. The number of nitrogen functional groups attached to an aromatic ring is 1. The van der Waals surface area contributed by atoms with E-state index in [2.05, 4.69) is 14.8 Å². The lowest BCUT2D eigenvalue weighted by Crippen LogP contribution is -2.29. The molecule has 0 aliphatic rings. The zero-order valence-corrected chi connectivity index (χ0v) is 12.4. The third-order valence-electron chi connectivity index (χ3n) is 2.60. The molecule has 1 aromatic heterocycles. The van der Waals surface area contributed by atoms with Gasteiger partial charge in [0, 0.05) is 12.7 Å². The third kappa shape index (κ3) is 5.04. The molecule has 9 heteroatoms. The van der Waals surface area contributed by atoms with E-state index in [1.807, 2.05) is 0 Å². The largest absolute Gasteiger partial charge is 0.492 e. The van der Waals surface area contributed by atoms with Gasteiger partial charge in [0.2, 0.25) is 10.0 Å². The fourth-order valence-corrected chi connectivity index (χ4v) is 2.34. The normalized spacial score (nSPS) is 11.5. The van der Waals surface area contributed by atoms with Crippen molar-refractivity contribution in [2.24, 2.45) is 7.05 Å². The molecule has 0 atom stereocenters. The van der Waals surface area contributed by atoms with Gasteiger partial charge in [0.1, 0.15) is 18.7 Å². The van der Waals surface area contributed by atoms with Crippen LogP contribution in [0, 0.1) is 0 Å². The molecule has 1 heterocycles. The number of hydrogen-bond acceptors (Lipinski definition) is 6. The van der Waals surface area contributed by atoms with Gasteiger partial charge < -0.3 is 10.5 Å². The predicted octanol–water partition coefficient (Wildman–Crippen LogP) is -0.104. The second-order valence-corrected chi connectivity index (χ2v) is 6.32.